The van der Waals surface area contributed by atoms with Crippen molar-refractivity contribution in [3.63, 3.8) is 0 Å². The van der Waals surface area contributed by atoms with Gasteiger partial charge in [0.15, 0.2) is 5.65 Å². The van der Waals surface area contributed by atoms with Crippen LogP contribution in [-0.2, 0) is 11.3 Å². The molecule has 0 radical (unpaired) electrons. The highest BCUT2D eigenvalue weighted by Crippen LogP contribution is 2.29. The Bertz CT molecular complexity index is 1210. The topological polar surface area (TPSA) is 109 Å². The lowest BCUT2D eigenvalue weighted by Gasteiger charge is -2.26. The second-order valence-electron chi connectivity index (χ2n) is 7.36. The number of imidazole rings is 1. The van der Waals surface area contributed by atoms with Gasteiger partial charge in [0, 0.05) is 35.1 Å². The van der Waals surface area contributed by atoms with E-state index in [1.807, 2.05) is 24.5 Å². The lowest BCUT2D eigenvalue weighted by molar-refractivity contribution is -0.0609. The maximum absolute atomic E-state index is 12.5. The molecule has 8 heteroatoms. The molecular formula is C20H21N5O3. The monoisotopic (exact) mass is 379 g/mol. The first-order valence-electron chi connectivity index (χ1n) is 9.41. The van der Waals surface area contributed by atoms with E-state index in [0.717, 1.165) is 39.7 Å². The minimum Gasteiger partial charge on any atom is -0.391 e. The van der Waals surface area contributed by atoms with Crippen LogP contribution in [0.15, 0.2) is 35.5 Å². The van der Waals surface area contributed by atoms with Crippen LogP contribution in [0.4, 0.5) is 0 Å². The predicted octanol–water partition coefficient (Wildman–Crippen LogP) is 2.12. The van der Waals surface area contributed by atoms with Crippen molar-refractivity contribution in [2.45, 2.75) is 38.5 Å². The number of aliphatic hydroxyl groups excluding tert-OH is 1. The standard InChI is InChI=1S/C20H21N5O3/c1-11-15-4-5-21-18(15)23-8-16(11)12-6-17-19(22-7-12)24-20(27)25(17)9-14-3-2-13(26)10-28-14/h4-8,13-14,26H,2-3,9-10H2,1H3,(H,21,23)(H,22,24,27). The zero-order valence-electron chi connectivity index (χ0n) is 15.5. The molecule has 1 fully saturated rings. The third-order valence-corrected chi connectivity index (χ3v) is 5.53. The molecule has 1 aliphatic rings. The third kappa shape index (κ3) is 2.81. The van der Waals surface area contributed by atoms with E-state index in [1.54, 1.807) is 10.8 Å². The van der Waals surface area contributed by atoms with Crippen molar-refractivity contribution in [2.24, 2.45) is 0 Å². The van der Waals surface area contributed by atoms with E-state index >= 15 is 0 Å². The Hall–Kier alpha value is -2.97. The number of H-pyrrole nitrogens is 2. The van der Waals surface area contributed by atoms with E-state index in [9.17, 15) is 9.90 Å². The maximum atomic E-state index is 12.5. The lowest BCUT2D eigenvalue weighted by Crippen LogP contribution is -2.34. The summed E-state index contributed by atoms with van der Waals surface area (Å²) in [4.78, 5) is 27.4. The summed E-state index contributed by atoms with van der Waals surface area (Å²) < 4.78 is 7.36. The third-order valence-electron chi connectivity index (χ3n) is 5.53. The highest BCUT2D eigenvalue weighted by molar-refractivity contribution is 5.88. The lowest BCUT2D eigenvalue weighted by atomic mass is 10.0. The van der Waals surface area contributed by atoms with Gasteiger partial charge in [-0.2, -0.15) is 0 Å². The van der Waals surface area contributed by atoms with Crippen LogP contribution in [-0.4, -0.2) is 48.4 Å². The number of hydrogen-bond donors (Lipinski definition) is 3. The molecule has 0 amide bonds. The Balaban J connectivity index is 1.56. The molecule has 0 aliphatic carbocycles. The Morgan fingerprint density at radius 3 is 2.96 bits per heavy atom. The molecule has 0 bridgehead atoms. The summed E-state index contributed by atoms with van der Waals surface area (Å²) in [6, 6.07) is 3.98. The Morgan fingerprint density at radius 2 is 2.14 bits per heavy atom. The van der Waals surface area contributed by atoms with Crippen LogP contribution in [0.3, 0.4) is 0 Å². The van der Waals surface area contributed by atoms with Crippen molar-refractivity contribution in [3.8, 4) is 11.1 Å². The quantitative estimate of drug-likeness (QED) is 0.505. The molecule has 3 N–H and O–H groups in total. The van der Waals surface area contributed by atoms with Crippen molar-refractivity contribution >= 4 is 22.2 Å². The fourth-order valence-electron chi connectivity index (χ4n) is 3.93. The number of ether oxygens (including phenoxy) is 1. The van der Waals surface area contributed by atoms with Gasteiger partial charge in [-0.25, -0.2) is 14.8 Å². The molecule has 8 nitrogen and oxygen atoms in total. The molecule has 1 aliphatic heterocycles. The van der Waals surface area contributed by atoms with Gasteiger partial charge in [0.05, 0.1) is 30.9 Å². The number of fused-ring (bicyclic) bond motifs is 2. The first-order chi connectivity index (χ1) is 13.6. The number of aromatic nitrogens is 5. The summed E-state index contributed by atoms with van der Waals surface area (Å²) in [7, 11) is 0. The normalized spacial score (nSPS) is 20.2. The Kier molecular flexibility index (Phi) is 4.03. The maximum Gasteiger partial charge on any atom is 0.327 e. The van der Waals surface area contributed by atoms with E-state index in [-0.39, 0.29) is 11.8 Å². The van der Waals surface area contributed by atoms with Crippen LogP contribution < -0.4 is 5.69 Å². The molecule has 0 saturated carbocycles. The van der Waals surface area contributed by atoms with Gasteiger partial charge in [0.25, 0.3) is 0 Å². The van der Waals surface area contributed by atoms with Crippen molar-refractivity contribution < 1.29 is 9.84 Å². The molecule has 4 aromatic heterocycles. The number of aliphatic hydroxyl groups is 1. The second-order valence-corrected chi connectivity index (χ2v) is 7.36. The van der Waals surface area contributed by atoms with Gasteiger partial charge in [0.2, 0.25) is 0 Å². The molecule has 5 rings (SSSR count). The van der Waals surface area contributed by atoms with Gasteiger partial charge in [-0.15, -0.1) is 0 Å². The van der Waals surface area contributed by atoms with E-state index in [0.29, 0.717) is 25.2 Å². The van der Waals surface area contributed by atoms with E-state index < -0.39 is 6.10 Å². The van der Waals surface area contributed by atoms with Gasteiger partial charge < -0.3 is 14.8 Å². The number of nitrogens with one attached hydrogen (secondary N) is 2. The van der Waals surface area contributed by atoms with Crippen LogP contribution in [0.1, 0.15) is 18.4 Å². The minimum atomic E-state index is -0.414. The molecule has 5 heterocycles. The summed E-state index contributed by atoms with van der Waals surface area (Å²) in [6.45, 7) is 2.81. The summed E-state index contributed by atoms with van der Waals surface area (Å²) >= 11 is 0. The fraction of sp³-hybridized carbons (Fsp3) is 0.350. The van der Waals surface area contributed by atoms with Crippen molar-refractivity contribution in [1.29, 1.82) is 0 Å². The SMILES string of the molecule is Cc1c(-c2cnc3[nH]c(=O)n(CC4CCC(O)CO4)c3c2)cnc2[nH]ccc12. The van der Waals surface area contributed by atoms with E-state index in [1.165, 1.54) is 0 Å². The average molecular weight is 379 g/mol. The van der Waals surface area contributed by atoms with Crippen molar-refractivity contribution in [1.82, 2.24) is 24.5 Å². The second kappa shape index (κ2) is 6.57. The first kappa shape index (κ1) is 17.2. The van der Waals surface area contributed by atoms with Crippen molar-refractivity contribution in [2.75, 3.05) is 6.61 Å². The number of pyridine rings is 2. The summed E-state index contributed by atoms with van der Waals surface area (Å²) in [5, 5.41) is 10.7. The Labute approximate surface area is 160 Å². The molecule has 4 aromatic rings. The van der Waals surface area contributed by atoms with Crippen molar-refractivity contribution in [3.05, 3.63) is 46.8 Å². The zero-order chi connectivity index (χ0) is 19.3. The molecule has 144 valence electrons. The van der Waals surface area contributed by atoms with Gasteiger partial charge >= 0.3 is 5.69 Å². The molecule has 1 saturated heterocycles. The number of aromatic amines is 2. The number of rotatable bonds is 3. The van der Waals surface area contributed by atoms with Crippen LogP contribution in [0.2, 0.25) is 0 Å². The molecule has 28 heavy (non-hydrogen) atoms. The number of hydrogen-bond acceptors (Lipinski definition) is 5. The summed E-state index contributed by atoms with van der Waals surface area (Å²) in [5.74, 6) is 0. The minimum absolute atomic E-state index is 0.0941. The highest BCUT2D eigenvalue weighted by atomic mass is 16.5. The summed E-state index contributed by atoms with van der Waals surface area (Å²) in [6.07, 6.45) is 6.37. The molecule has 2 atom stereocenters. The van der Waals surface area contributed by atoms with Gasteiger partial charge in [-0.05, 0) is 37.5 Å². The highest BCUT2D eigenvalue weighted by Gasteiger charge is 2.22. The van der Waals surface area contributed by atoms with Gasteiger partial charge in [-0.1, -0.05) is 0 Å². The smallest absolute Gasteiger partial charge is 0.327 e. The number of nitrogens with zero attached hydrogens (tertiary/aromatic N) is 3. The van der Waals surface area contributed by atoms with Gasteiger partial charge in [-0.3, -0.25) is 9.55 Å². The zero-order valence-corrected chi connectivity index (χ0v) is 15.5. The molecular weight excluding hydrogens is 358 g/mol. The average Bonchev–Trinajstić information content (AvgIpc) is 3.29. The van der Waals surface area contributed by atoms with Crippen LogP contribution in [0, 0.1) is 6.92 Å². The first-order valence-corrected chi connectivity index (χ1v) is 9.41. The number of aryl methyl sites for hydroxylation is 1. The Morgan fingerprint density at radius 1 is 1.29 bits per heavy atom. The predicted molar refractivity (Wildman–Crippen MR) is 105 cm³/mol. The van der Waals surface area contributed by atoms with Crippen LogP contribution >= 0.6 is 0 Å². The van der Waals surface area contributed by atoms with E-state index in [4.69, 9.17) is 4.74 Å². The van der Waals surface area contributed by atoms with Crippen LogP contribution in [0.5, 0.6) is 0 Å². The fourth-order valence-corrected chi connectivity index (χ4v) is 3.93. The van der Waals surface area contributed by atoms with Gasteiger partial charge in [0.1, 0.15) is 5.65 Å². The van der Waals surface area contributed by atoms with E-state index in [2.05, 4.69) is 26.9 Å². The molecule has 2 unspecified atom stereocenters. The molecule has 0 spiro atoms. The largest absolute Gasteiger partial charge is 0.391 e. The van der Waals surface area contributed by atoms with Crippen LogP contribution in [0.25, 0.3) is 33.3 Å². The molecule has 0 aromatic carbocycles. The summed E-state index contributed by atoms with van der Waals surface area (Å²) in [5.41, 5.74) is 4.95.